The van der Waals surface area contributed by atoms with Gasteiger partial charge in [-0.25, -0.2) is 0 Å². The first kappa shape index (κ1) is 15.0. The zero-order valence-electron chi connectivity index (χ0n) is 7.78. The first-order valence-corrected chi connectivity index (χ1v) is 4.13. The van der Waals surface area contributed by atoms with Crippen LogP contribution >= 0.6 is 0 Å². The highest BCUT2D eigenvalue weighted by Gasteiger charge is 2.23. The van der Waals surface area contributed by atoms with E-state index in [1.807, 2.05) is 0 Å². The molecule has 1 fully saturated rings. The smallest absolute Gasteiger partial charge is 0.101 e. The van der Waals surface area contributed by atoms with Gasteiger partial charge in [0, 0.05) is 11.7 Å². The number of hydrogen-bond acceptors (Lipinski definition) is 4. The van der Waals surface area contributed by atoms with E-state index in [0.717, 1.165) is 6.42 Å². The third-order valence-corrected chi connectivity index (χ3v) is 2.27. The Morgan fingerprint density at radius 1 is 1.23 bits per heavy atom. The van der Waals surface area contributed by atoms with Crippen molar-refractivity contribution in [3.63, 3.8) is 0 Å². The van der Waals surface area contributed by atoms with Crippen molar-refractivity contribution < 1.29 is 9.59 Å². The summed E-state index contributed by atoms with van der Waals surface area (Å²) in [7, 11) is 0. The maximum Gasteiger partial charge on any atom is 0.101 e. The molecule has 1 rings (SSSR count). The minimum atomic E-state index is -0.467. The van der Waals surface area contributed by atoms with E-state index in [9.17, 15) is 9.59 Å². The minimum absolute atomic E-state index is 0. The predicted octanol–water partition coefficient (Wildman–Crippen LogP) is 0.944. The van der Waals surface area contributed by atoms with Gasteiger partial charge in [-0.3, -0.25) is 0 Å². The Balaban J connectivity index is 0. The molecular weight excluding hydrogens is 210 g/mol. The van der Waals surface area contributed by atoms with Gasteiger partial charge in [0.1, 0.15) is 5.24 Å². The lowest BCUT2D eigenvalue weighted by Gasteiger charge is -2.29. The summed E-state index contributed by atoms with van der Waals surface area (Å²) >= 11 is 8.88. The van der Waals surface area contributed by atoms with Crippen molar-refractivity contribution in [2.75, 3.05) is 6.54 Å². The molecule has 8 N–H and O–H groups in total. The molecule has 1 saturated heterocycles. The third-order valence-electron chi connectivity index (χ3n) is 1.76. The van der Waals surface area contributed by atoms with Crippen molar-refractivity contribution in [2.24, 2.45) is 0 Å². The fourth-order valence-electron chi connectivity index (χ4n) is 1.23. The van der Waals surface area contributed by atoms with Gasteiger partial charge in [0.25, 0.3) is 0 Å². The molecule has 13 heavy (non-hydrogen) atoms. The average molecular weight is 225 g/mol. The van der Waals surface area contributed by atoms with Crippen LogP contribution in [0.4, 0.5) is 4.79 Å². The average Bonchev–Trinajstić information content (AvgIpc) is 2.32. The molecule has 7 heteroatoms. The number of amides is 1. The summed E-state index contributed by atoms with van der Waals surface area (Å²) in [4.78, 5) is 22.8. The molecule has 1 aliphatic heterocycles. The first-order valence-electron chi connectivity index (χ1n) is 3.31. The van der Waals surface area contributed by atoms with Crippen LogP contribution in [0, 0.1) is 0 Å². The molecule has 1 atom stereocenters. The van der Waals surface area contributed by atoms with E-state index in [4.69, 9.17) is 0 Å². The number of quaternary nitrogens is 2. The van der Waals surface area contributed by atoms with Crippen molar-refractivity contribution in [1.29, 1.82) is 0 Å². The molecule has 0 bridgehead atoms. The SMILES string of the molecule is O=C([S-])C1CCCN1C(=O)[S-].[NH4+].[NH4+]. The van der Waals surface area contributed by atoms with Gasteiger partial charge in [-0.2, -0.15) is 0 Å². The monoisotopic (exact) mass is 225 g/mol. The predicted molar refractivity (Wildman–Crippen MR) is 56.8 cm³/mol. The molecule has 1 unspecified atom stereocenters. The van der Waals surface area contributed by atoms with E-state index in [1.165, 1.54) is 4.90 Å². The van der Waals surface area contributed by atoms with Crippen molar-refractivity contribution >= 4 is 35.6 Å². The van der Waals surface area contributed by atoms with Gasteiger partial charge in [-0.05, 0) is 12.8 Å². The largest absolute Gasteiger partial charge is 0.740 e. The topological polar surface area (TPSA) is 110 Å². The van der Waals surface area contributed by atoms with Crippen molar-refractivity contribution in [3.05, 3.63) is 0 Å². The number of carbonyl (C=O) groups is 2. The van der Waals surface area contributed by atoms with E-state index in [2.05, 4.69) is 25.3 Å². The van der Waals surface area contributed by atoms with Crippen LogP contribution in [0.3, 0.4) is 0 Å². The lowest BCUT2D eigenvalue weighted by molar-refractivity contribution is -0.113. The van der Waals surface area contributed by atoms with Gasteiger partial charge in [0.05, 0.1) is 6.04 Å². The second kappa shape index (κ2) is 6.03. The second-order valence-electron chi connectivity index (χ2n) is 2.44. The standard InChI is InChI=1S/C6H9NO2S2.2H3N/c8-5(10)4-2-1-3-7(4)6(9)11;;/h4H,1-3H2,(H,8,10)(H,9,11);2*1H3. The van der Waals surface area contributed by atoms with Crippen LogP contribution in [0.25, 0.3) is 0 Å². The Labute approximate surface area is 88.2 Å². The summed E-state index contributed by atoms with van der Waals surface area (Å²) in [5, 5.41) is -0.841. The molecular formula is C6H15N3O2S2. The van der Waals surface area contributed by atoms with Crippen LogP contribution in [-0.2, 0) is 30.1 Å². The van der Waals surface area contributed by atoms with Gasteiger partial charge in [0.15, 0.2) is 0 Å². The van der Waals surface area contributed by atoms with E-state index < -0.39 is 11.3 Å². The number of rotatable bonds is 1. The molecule has 0 spiro atoms. The molecule has 78 valence electrons. The van der Waals surface area contributed by atoms with Gasteiger partial charge < -0.3 is 52.0 Å². The number of nitrogens with zero attached hydrogens (tertiary/aromatic N) is 1. The highest BCUT2D eigenvalue weighted by atomic mass is 32.1. The molecule has 0 aliphatic carbocycles. The summed E-state index contributed by atoms with van der Waals surface area (Å²) < 4.78 is 0. The third kappa shape index (κ3) is 3.39. The van der Waals surface area contributed by atoms with Crippen LogP contribution in [0.5, 0.6) is 0 Å². The normalized spacial score (nSPS) is 20.0. The van der Waals surface area contributed by atoms with Crippen LogP contribution in [-0.4, -0.2) is 27.8 Å². The first-order chi connectivity index (χ1) is 5.13. The summed E-state index contributed by atoms with van der Waals surface area (Å²) in [5.74, 6) is 0. The molecule has 0 aromatic rings. The van der Waals surface area contributed by atoms with Crippen LogP contribution in [0.2, 0.25) is 0 Å². The zero-order chi connectivity index (χ0) is 8.43. The van der Waals surface area contributed by atoms with Crippen LogP contribution in [0.1, 0.15) is 12.8 Å². The van der Waals surface area contributed by atoms with Gasteiger partial charge >= 0.3 is 0 Å². The van der Waals surface area contributed by atoms with Crippen molar-refractivity contribution in [3.8, 4) is 0 Å². The summed E-state index contributed by atoms with van der Waals surface area (Å²) in [6.07, 6.45) is 1.50. The Morgan fingerprint density at radius 2 is 1.77 bits per heavy atom. The Hall–Kier alpha value is -0.500. The second-order valence-corrected chi connectivity index (χ2v) is 3.19. The molecule has 1 aliphatic rings. The van der Waals surface area contributed by atoms with Crippen LogP contribution < -0.4 is 12.3 Å². The summed E-state index contributed by atoms with van der Waals surface area (Å²) in [6.45, 7) is 0.579. The molecule has 0 aromatic carbocycles. The minimum Gasteiger partial charge on any atom is -0.740 e. The summed E-state index contributed by atoms with van der Waals surface area (Å²) in [5.41, 5.74) is 0. The fourth-order valence-corrected chi connectivity index (χ4v) is 1.69. The van der Waals surface area contributed by atoms with E-state index in [0.29, 0.717) is 13.0 Å². The zero-order valence-corrected chi connectivity index (χ0v) is 9.41. The van der Waals surface area contributed by atoms with E-state index in [-0.39, 0.29) is 17.4 Å². The Bertz CT molecular complexity index is 180. The summed E-state index contributed by atoms with van der Waals surface area (Å²) in [6, 6.07) is -0.421. The number of hydrogen-bond donors (Lipinski definition) is 2. The molecule has 0 radical (unpaired) electrons. The molecule has 0 aromatic heterocycles. The highest BCUT2D eigenvalue weighted by molar-refractivity contribution is 7.77. The van der Waals surface area contributed by atoms with Gasteiger partial charge in [0.2, 0.25) is 0 Å². The van der Waals surface area contributed by atoms with Gasteiger partial charge in [-0.15, -0.1) is 0 Å². The Morgan fingerprint density at radius 3 is 2.08 bits per heavy atom. The molecule has 1 amide bonds. The molecule has 5 nitrogen and oxygen atoms in total. The lowest BCUT2D eigenvalue weighted by atomic mass is 10.2. The van der Waals surface area contributed by atoms with E-state index >= 15 is 0 Å². The maximum atomic E-state index is 10.7. The fraction of sp³-hybridized carbons (Fsp3) is 0.667. The van der Waals surface area contributed by atoms with Crippen molar-refractivity contribution in [2.45, 2.75) is 18.9 Å². The lowest BCUT2D eigenvalue weighted by Crippen LogP contribution is -2.37. The van der Waals surface area contributed by atoms with Gasteiger partial charge in [-0.1, -0.05) is 0 Å². The Kier molecular flexibility index (Phi) is 6.96. The maximum absolute atomic E-state index is 10.7. The van der Waals surface area contributed by atoms with Crippen LogP contribution in [0.15, 0.2) is 0 Å². The van der Waals surface area contributed by atoms with E-state index in [1.54, 1.807) is 0 Å². The number of likely N-dealkylation sites (tertiary alicyclic amines) is 1. The van der Waals surface area contributed by atoms with Crippen molar-refractivity contribution in [1.82, 2.24) is 17.2 Å². The molecule has 1 heterocycles. The highest BCUT2D eigenvalue weighted by Crippen LogP contribution is 2.17. The molecule has 0 saturated carbocycles. The quantitative estimate of drug-likeness (QED) is 0.647. The number of carbonyl (C=O) groups excluding carboxylic acids is 2.